The Morgan fingerprint density at radius 3 is 1.69 bits per heavy atom. The number of aryl methyl sites for hydroxylation is 1. The smallest absolute Gasteiger partial charge is 0.164 e. The highest BCUT2D eigenvalue weighted by Gasteiger charge is 2.21. The Labute approximate surface area is 259 Å². The van der Waals surface area contributed by atoms with Crippen LogP contribution >= 0.6 is 0 Å². The summed E-state index contributed by atoms with van der Waals surface area (Å²) < 4.78 is 9.20. The van der Waals surface area contributed by atoms with E-state index in [2.05, 4.69) is 84.3 Å². The summed E-state index contributed by atoms with van der Waals surface area (Å²) in [5.41, 5.74) is 8.80. The fourth-order valence-electron chi connectivity index (χ4n) is 6.50. The zero-order valence-corrected chi connectivity index (χ0v) is 24.5. The minimum Gasteiger partial charge on any atom is -0.454 e. The van der Waals surface area contributed by atoms with Gasteiger partial charge < -0.3 is 8.98 Å². The van der Waals surface area contributed by atoms with Crippen molar-refractivity contribution in [1.29, 1.82) is 0 Å². The van der Waals surface area contributed by atoms with Gasteiger partial charge in [-0.3, -0.25) is 0 Å². The molecule has 0 aliphatic heterocycles. The zero-order valence-electron chi connectivity index (χ0n) is 24.5. The van der Waals surface area contributed by atoms with Crippen LogP contribution in [0.3, 0.4) is 0 Å². The van der Waals surface area contributed by atoms with Crippen LogP contribution in [-0.2, 0) is 0 Å². The summed E-state index contributed by atoms with van der Waals surface area (Å²) in [4.78, 5) is 14.8. The van der Waals surface area contributed by atoms with Crippen molar-refractivity contribution < 1.29 is 4.42 Å². The normalized spacial score (nSPS) is 11.7. The van der Waals surface area contributed by atoms with Crippen LogP contribution < -0.4 is 0 Å². The average molecular weight is 579 g/mol. The number of rotatable bonds is 4. The summed E-state index contributed by atoms with van der Waals surface area (Å²) in [6, 6.07) is 47.8. The molecule has 9 rings (SSSR count). The molecule has 0 spiro atoms. The predicted octanol–water partition coefficient (Wildman–Crippen LogP) is 10.2. The predicted molar refractivity (Wildman–Crippen MR) is 182 cm³/mol. The van der Waals surface area contributed by atoms with Crippen LogP contribution in [0.1, 0.15) is 5.56 Å². The van der Waals surface area contributed by atoms with Crippen LogP contribution in [0.4, 0.5) is 0 Å². The Bertz CT molecular complexity index is 2470. The Hall–Kier alpha value is -6.07. The van der Waals surface area contributed by atoms with Gasteiger partial charge in [0.15, 0.2) is 23.1 Å². The molecule has 0 aliphatic rings. The van der Waals surface area contributed by atoms with E-state index in [9.17, 15) is 0 Å². The highest BCUT2D eigenvalue weighted by molar-refractivity contribution is 6.22. The molecule has 0 N–H and O–H groups in total. The van der Waals surface area contributed by atoms with E-state index in [0.717, 1.165) is 66.3 Å². The van der Waals surface area contributed by atoms with Crippen molar-refractivity contribution in [3.8, 4) is 39.9 Å². The summed E-state index contributed by atoms with van der Waals surface area (Å²) in [6.45, 7) is 2.10. The van der Waals surface area contributed by atoms with Crippen LogP contribution in [-0.4, -0.2) is 19.5 Å². The van der Waals surface area contributed by atoms with Crippen molar-refractivity contribution in [3.63, 3.8) is 0 Å². The molecule has 3 heterocycles. The Balaban J connectivity index is 1.31. The molecule has 0 saturated carbocycles. The van der Waals surface area contributed by atoms with Crippen molar-refractivity contribution in [2.45, 2.75) is 6.92 Å². The summed E-state index contributed by atoms with van der Waals surface area (Å²) >= 11 is 0. The van der Waals surface area contributed by atoms with E-state index in [4.69, 9.17) is 19.4 Å². The van der Waals surface area contributed by atoms with E-state index >= 15 is 0 Å². The minimum absolute atomic E-state index is 0.617. The lowest BCUT2D eigenvalue weighted by molar-refractivity contribution is 0.668. The standard InChI is InChI=1S/C40H26N4O/c1-25-29(40-42-38(26-13-5-2-6-14-26)41-39(43-40)27-15-7-3-8-16-27)21-23-32-33-24-22-31-30-19-11-12-20-34(30)44(28-17-9-4-10-18-28)35(31)37(33)45-36(25)32/h2-24H,1H3. The summed E-state index contributed by atoms with van der Waals surface area (Å²) in [6.07, 6.45) is 0. The molecule has 0 amide bonds. The average Bonchev–Trinajstić information content (AvgIpc) is 3.66. The van der Waals surface area contributed by atoms with Crippen molar-refractivity contribution >= 4 is 43.7 Å². The molecule has 0 bridgehead atoms. The third-order valence-electron chi connectivity index (χ3n) is 8.65. The van der Waals surface area contributed by atoms with Crippen LogP contribution in [0.2, 0.25) is 0 Å². The molecule has 0 atom stereocenters. The van der Waals surface area contributed by atoms with E-state index in [1.165, 1.54) is 5.39 Å². The van der Waals surface area contributed by atoms with Gasteiger partial charge in [0, 0.05) is 49.5 Å². The summed E-state index contributed by atoms with van der Waals surface area (Å²) in [5, 5.41) is 4.51. The number of benzene rings is 6. The van der Waals surface area contributed by atoms with Crippen molar-refractivity contribution in [2.24, 2.45) is 0 Å². The molecule has 212 valence electrons. The van der Waals surface area contributed by atoms with Crippen molar-refractivity contribution in [3.05, 3.63) is 145 Å². The van der Waals surface area contributed by atoms with Crippen molar-refractivity contribution in [1.82, 2.24) is 19.5 Å². The lowest BCUT2D eigenvalue weighted by Gasteiger charge is -2.10. The number of aromatic nitrogens is 4. The van der Waals surface area contributed by atoms with Gasteiger partial charge >= 0.3 is 0 Å². The maximum atomic E-state index is 6.89. The SMILES string of the molecule is Cc1c(-c2nc(-c3ccccc3)nc(-c3ccccc3)n2)ccc2c1oc1c2ccc2c3ccccc3n(-c3ccccc3)c21. The maximum absolute atomic E-state index is 6.89. The lowest BCUT2D eigenvalue weighted by Crippen LogP contribution is -2.01. The minimum atomic E-state index is 0.617. The van der Waals surface area contributed by atoms with Gasteiger partial charge in [-0.05, 0) is 37.3 Å². The van der Waals surface area contributed by atoms with E-state index in [1.807, 2.05) is 66.7 Å². The number of hydrogen-bond acceptors (Lipinski definition) is 4. The summed E-state index contributed by atoms with van der Waals surface area (Å²) in [7, 11) is 0. The Morgan fingerprint density at radius 2 is 1.00 bits per heavy atom. The van der Waals surface area contributed by atoms with Crippen molar-refractivity contribution in [2.75, 3.05) is 0 Å². The number of hydrogen-bond donors (Lipinski definition) is 0. The first kappa shape index (κ1) is 25.4. The van der Waals surface area contributed by atoms with Gasteiger partial charge in [-0.15, -0.1) is 0 Å². The highest BCUT2D eigenvalue weighted by Crippen LogP contribution is 2.42. The van der Waals surface area contributed by atoms with Crippen LogP contribution in [0.25, 0.3) is 83.6 Å². The van der Waals surface area contributed by atoms with Gasteiger partial charge in [0.2, 0.25) is 0 Å². The van der Waals surface area contributed by atoms with Gasteiger partial charge in [0.1, 0.15) is 5.58 Å². The van der Waals surface area contributed by atoms with E-state index in [0.29, 0.717) is 17.5 Å². The monoisotopic (exact) mass is 578 g/mol. The largest absolute Gasteiger partial charge is 0.454 e. The molecule has 0 fully saturated rings. The van der Waals surface area contributed by atoms with Gasteiger partial charge in [-0.2, -0.15) is 0 Å². The van der Waals surface area contributed by atoms with Gasteiger partial charge in [0.05, 0.1) is 11.0 Å². The highest BCUT2D eigenvalue weighted by atomic mass is 16.3. The van der Waals surface area contributed by atoms with Crippen LogP contribution in [0.15, 0.2) is 144 Å². The second-order valence-electron chi connectivity index (χ2n) is 11.3. The van der Waals surface area contributed by atoms with Gasteiger partial charge in [0.25, 0.3) is 0 Å². The third kappa shape index (κ3) is 3.98. The first-order chi connectivity index (χ1) is 22.2. The Kier molecular flexibility index (Phi) is 5.65. The van der Waals surface area contributed by atoms with E-state index in [-0.39, 0.29) is 0 Å². The van der Waals surface area contributed by atoms with Gasteiger partial charge in [-0.25, -0.2) is 15.0 Å². The number of para-hydroxylation sites is 2. The molecule has 0 saturated heterocycles. The topological polar surface area (TPSA) is 56.7 Å². The quantitative estimate of drug-likeness (QED) is 0.208. The first-order valence-electron chi connectivity index (χ1n) is 15.1. The molecule has 9 aromatic rings. The molecule has 0 unspecified atom stereocenters. The van der Waals surface area contributed by atoms with Gasteiger partial charge in [-0.1, -0.05) is 109 Å². The van der Waals surface area contributed by atoms with E-state index in [1.54, 1.807) is 0 Å². The van der Waals surface area contributed by atoms with Crippen LogP contribution in [0.5, 0.6) is 0 Å². The zero-order chi connectivity index (χ0) is 29.9. The molecule has 45 heavy (non-hydrogen) atoms. The number of nitrogens with zero attached hydrogens (tertiary/aromatic N) is 4. The van der Waals surface area contributed by atoms with E-state index < -0.39 is 0 Å². The summed E-state index contributed by atoms with van der Waals surface area (Å²) in [5.74, 6) is 1.89. The molecular formula is C40H26N4O. The Morgan fingerprint density at radius 1 is 0.467 bits per heavy atom. The molecule has 3 aromatic heterocycles. The fraction of sp³-hybridized carbons (Fsp3) is 0.0250. The second kappa shape index (κ2) is 10.00. The number of fused-ring (bicyclic) bond motifs is 7. The third-order valence-corrected chi connectivity index (χ3v) is 8.65. The molecule has 5 heteroatoms. The molecular weight excluding hydrogens is 552 g/mol. The molecule has 0 radical (unpaired) electrons. The number of furan rings is 1. The molecule has 6 aromatic carbocycles. The lowest BCUT2D eigenvalue weighted by atomic mass is 10.0. The second-order valence-corrected chi connectivity index (χ2v) is 11.3. The molecule has 5 nitrogen and oxygen atoms in total. The van der Waals surface area contributed by atoms with Crippen LogP contribution in [0, 0.1) is 6.92 Å². The fourth-order valence-corrected chi connectivity index (χ4v) is 6.50. The molecule has 0 aliphatic carbocycles. The first-order valence-corrected chi connectivity index (χ1v) is 15.1. The maximum Gasteiger partial charge on any atom is 0.164 e.